The summed E-state index contributed by atoms with van der Waals surface area (Å²) in [5.41, 5.74) is 1.97. The number of rotatable bonds is 10. The molecule has 5 nitrogen and oxygen atoms in total. The number of aromatic nitrogens is 1. The van der Waals surface area contributed by atoms with Gasteiger partial charge in [0.15, 0.2) is 0 Å². The van der Waals surface area contributed by atoms with Gasteiger partial charge in [0.2, 0.25) is 0 Å². The zero-order valence-electron chi connectivity index (χ0n) is 12.6. The lowest BCUT2D eigenvalue weighted by molar-refractivity contribution is -0.0100. The first-order valence-electron chi connectivity index (χ1n) is 7.08. The van der Waals surface area contributed by atoms with E-state index < -0.39 is 6.10 Å². The topological polar surface area (TPSA) is 63.6 Å². The van der Waals surface area contributed by atoms with Gasteiger partial charge in [0.25, 0.3) is 0 Å². The fourth-order valence-corrected chi connectivity index (χ4v) is 1.69. The molecule has 0 saturated heterocycles. The standard InChI is InChI=1S/C15H26N2O3/c1-12(2)20-8-7-19-11-15(18)10-16-9-14-6-4-5-13(3)17-14/h4-6,12,15-16,18H,7-11H2,1-3H3. The van der Waals surface area contributed by atoms with Crippen molar-refractivity contribution in [3.63, 3.8) is 0 Å². The van der Waals surface area contributed by atoms with Crippen LogP contribution in [0.4, 0.5) is 0 Å². The molecule has 1 unspecified atom stereocenters. The van der Waals surface area contributed by atoms with Gasteiger partial charge in [-0.25, -0.2) is 0 Å². The fraction of sp³-hybridized carbons (Fsp3) is 0.667. The number of nitrogens with zero attached hydrogens (tertiary/aromatic N) is 1. The Kier molecular flexibility index (Phi) is 8.37. The molecule has 0 fully saturated rings. The van der Waals surface area contributed by atoms with Crippen LogP contribution in [0, 0.1) is 6.92 Å². The van der Waals surface area contributed by atoms with E-state index in [2.05, 4.69) is 10.3 Å². The molecule has 0 spiro atoms. The van der Waals surface area contributed by atoms with Crippen LogP contribution in [0.15, 0.2) is 18.2 Å². The third kappa shape index (κ3) is 8.22. The van der Waals surface area contributed by atoms with E-state index in [1.807, 2.05) is 39.0 Å². The lowest BCUT2D eigenvalue weighted by Gasteiger charge is -2.13. The second-order valence-electron chi connectivity index (χ2n) is 5.05. The molecule has 1 atom stereocenters. The van der Waals surface area contributed by atoms with Crippen molar-refractivity contribution < 1.29 is 14.6 Å². The predicted octanol–water partition coefficient (Wildman–Crippen LogP) is 1.28. The highest BCUT2D eigenvalue weighted by Crippen LogP contribution is 1.97. The highest BCUT2D eigenvalue weighted by molar-refractivity contribution is 5.09. The lowest BCUT2D eigenvalue weighted by atomic mass is 10.3. The quantitative estimate of drug-likeness (QED) is 0.633. The monoisotopic (exact) mass is 282 g/mol. The van der Waals surface area contributed by atoms with E-state index in [4.69, 9.17) is 9.47 Å². The number of hydrogen-bond donors (Lipinski definition) is 2. The third-order valence-corrected chi connectivity index (χ3v) is 2.62. The summed E-state index contributed by atoms with van der Waals surface area (Å²) in [5, 5.41) is 12.9. The largest absolute Gasteiger partial charge is 0.389 e. The van der Waals surface area contributed by atoms with Gasteiger partial charge in [-0.3, -0.25) is 4.98 Å². The molecule has 0 amide bonds. The van der Waals surface area contributed by atoms with Crippen LogP contribution in [0.25, 0.3) is 0 Å². The smallest absolute Gasteiger partial charge is 0.0897 e. The van der Waals surface area contributed by atoms with E-state index in [0.29, 0.717) is 32.9 Å². The molecule has 1 aromatic heterocycles. The molecule has 0 bridgehead atoms. The second kappa shape index (κ2) is 9.83. The van der Waals surface area contributed by atoms with E-state index in [-0.39, 0.29) is 6.10 Å². The molecule has 0 aliphatic heterocycles. The summed E-state index contributed by atoms with van der Waals surface area (Å²) >= 11 is 0. The van der Waals surface area contributed by atoms with Gasteiger partial charge in [-0.1, -0.05) is 6.07 Å². The highest BCUT2D eigenvalue weighted by Gasteiger charge is 2.04. The molecule has 114 valence electrons. The van der Waals surface area contributed by atoms with Crippen LogP contribution in [0.5, 0.6) is 0 Å². The normalized spacial score (nSPS) is 12.8. The van der Waals surface area contributed by atoms with Crippen molar-refractivity contribution in [3.8, 4) is 0 Å². The molecule has 0 saturated carbocycles. The summed E-state index contributed by atoms with van der Waals surface area (Å²) in [4.78, 5) is 4.38. The first-order valence-corrected chi connectivity index (χ1v) is 7.08. The molecule has 20 heavy (non-hydrogen) atoms. The number of hydrogen-bond acceptors (Lipinski definition) is 5. The Balaban J connectivity index is 2.04. The Bertz CT molecular complexity index is 372. The van der Waals surface area contributed by atoms with Gasteiger partial charge in [-0.05, 0) is 32.9 Å². The van der Waals surface area contributed by atoms with Crippen LogP contribution in [-0.4, -0.2) is 48.7 Å². The maximum atomic E-state index is 9.74. The van der Waals surface area contributed by atoms with Crippen LogP contribution in [-0.2, 0) is 16.0 Å². The van der Waals surface area contributed by atoms with Crippen molar-refractivity contribution in [3.05, 3.63) is 29.6 Å². The number of pyridine rings is 1. The van der Waals surface area contributed by atoms with E-state index >= 15 is 0 Å². The van der Waals surface area contributed by atoms with Crippen molar-refractivity contribution in [1.82, 2.24) is 10.3 Å². The summed E-state index contributed by atoms with van der Waals surface area (Å²) in [6, 6.07) is 5.91. The minimum Gasteiger partial charge on any atom is -0.389 e. The fourth-order valence-electron chi connectivity index (χ4n) is 1.69. The van der Waals surface area contributed by atoms with Crippen molar-refractivity contribution in [2.45, 2.75) is 39.5 Å². The zero-order chi connectivity index (χ0) is 14.8. The molecule has 0 aromatic carbocycles. The molecule has 0 aliphatic carbocycles. The van der Waals surface area contributed by atoms with Crippen molar-refractivity contribution in [2.75, 3.05) is 26.4 Å². The molecular weight excluding hydrogens is 256 g/mol. The minimum atomic E-state index is -0.515. The molecule has 1 heterocycles. The first-order chi connectivity index (χ1) is 9.58. The van der Waals surface area contributed by atoms with Gasteiger partial charge < -0.3 is 19.9 Å². The zero-order valence-corrected chi connectivity index (χ0v) is 12.6. The van der Waals surface area contributed by atoms with Gasteiger partial charge >= 0.3 is 0 Å². The summed E-state index contributed by atoms with van der Waals surface area (Å²) in [5.74, 6) is 0. The first kappa shape index (κ1) is 17.0. The van der Waals surface area contributed by atoms with Gasteiger partial charge in [0, 0.05) is 18.8 Å². The predicted molar refractivity (Wildman–Crippen MR) is 78.6 cm³/mol. The molecule has 1 aromatic rings. The van der Waals surface area contributed by atoms with Crippen molar-refractivity contribution in [1.29, 1.82) is 0 Å². The Hall–Kier alpha value is -1.01. The van der Waals surface area contributed by atoms with E-state index in [0.717, 1.165) is 11.4 Å². The number of nitrogens with one attached hydrogen (secondary N) is 1. The van der Waals surface area contributed by atoms with Crippen LogP contribution in [0.3, 0.4) is 0 Å². The van der Waals surface area contributed by atoms with Crippen molar-refractivity contribution >= 4 is 0 Å². The Morgan fingerprint density at radius 2 is 2.10 bits per heavy atom. The molecule has 0 radical (unpaired) electrons. The Morgan fingerprint density at radius 3 is 2.80 bits per heavy atom. The second-order valence-corrected chi connectivity index (χ2v) is 5.05. The number of ether oxygens (including phenoxy) is 2. The molecular formula is C15H26N2O3. The van der Waals surface area contributed by atoms with Crippen molar-refractivity contribution in [2.24, 2.45) is 0 Å². The van der Waals surface area contributed by atoms with Gasteiger partial charge in [0.05, 0.1) is 37.7 Å². The maximum Gasteiger partial charge on any atom is 0.0897 e. The van der Waals surface area contributed by atoms with Crippen LogP contribution >= 0.6 is 0 Å². The molecule has 5 heteroatoms. The minimum absolute atomic E-state index is 0.215. The SMILES string of the molecule is Cc1cccc(CNCC(O)COCCOC(C)C)n1. The third-order valence-electron chi connectivity index (χ3n) is 2.62. The number of aliphatic hydroxyl groups is 1. The number of aliphatic hydroxyl groups excluding tert-OH is 1. The van der Waals surface area contributed by atoms with E-state index in [1.165, 1.54) is 0 Å². The summed E-state index contributed by atoms with van der Waals surface area (Å²) in [7, 11) is 0. The lowest BCUT2D eigenvalue weighted by Crippen LogP contribution is -2.30. The maximum absolute atomic E-state index is 9.74. The summed E-state index contributed by atoms with van der Waals surface area (Å²) < 4.78 is 10.7. The number of aryl methyl sites for hydroxylation is 1. The average molecular weight is 282 g/mol. The van der Waals surface area contributed by atoms with E-state index in [9.17, 15) is 5.11 Å². The average Bonchev–Trinajstić information content (AvgIpc) is 2.38. The van der Waals surface area contributed by atoms with Gasteiger partial charge in [0.1, 0.15) is 0 Å². The summed E-state index contributed by atoms with van der Waals surface area (Å²) in [6.07, 6.45) is -0.300. The molecule has 1 rings (SSSR count). The van der Waals surface area contributed by atoms with Gasteiger partial charge in [-0.15, -0.1) is 0 Å². The Labute approximate surface area is 121 Å². The summed E-state index contributed by atoms with van der Waals surface area (Å²) in [6.45, 7) is 8.45. The van der Waals surface area contributed by atoms with Crippen LogP contribution in [0.2, 0.25) is 0 Å². The Morgan fingerprint density at radius 1 is 1.30 bits per heavy atom. The highest BCUT2D eigenvalue weighted by atomic mass is 16.5. The van der Waals surface area contributed by atoms with Crippen LogP contribution < -0.4 is 5.32 Å². The van der Waals surface area contributed by atoms with Gasteiger partial charge in [-0.2, -0.15) is 0 Å². The van der Waals surface area contributed by atoms with Crippen LogP contribution in [0.1, 0.15) is 25.2 Å². The molecule has 2 N–H and O–H groups in total. The molecule has 0 aliphatic rings. The van der Waals surface area contributed by atoms with E-state index in [1.54, 1.807) is 0 Å².